The number of ketones is 1. The molecule has 0 saturated carbocycles. The van der Waals surface area contributed by atoms with E-state index in [1.54, 1.807) is 6.92 Å². The largest absolute Gasteiger partial charge is 0.293 e. The quantitative estimate of drug-likeness (QED) is 0.478. The minimum absolute atomic E-state index is 0.149. The highest BCUT2D eigenvalue weighted by atomic mass is 32.1. The second-order valence-electron chi connectivity index (χ2n) is 5.67. The van der Waals surface area contributed by atoms with Crippen LogP contribution in [-0.2, 0) is 9.59 Å². The summed E-state index contributed by atoms with van der Waals surface area (Å²) in [5, 5.41) is 0.333. The number of amides is 2. The van der Waals surface area contributed by atoms with Gasteiger partial charge in [-0.2, -0.15) is 0 Å². The number of carbonyl (C=O) groups is 3. The van der Waals surface area contributed by atoms with Crippen LogP contribution in [0.5, 0.6) is 0 Å². The van der Waals surface area contributed by atoms with Crippen LogP contribution in [0.4, 0.5) is 5.13 Å². The van der Waals surface area contributed by atoms with Gasteiger partial charge in [-0.3, -0.25) is 14.4 Å². The third-order valence-corrected chi connectivity index (χ3v) is 5.09. The van der Waals surface area contributed by atoms with Gasteiger partial charge >= 0.3 is 0 Å². The van der Waals surface area contributed by atoms with Gasteiger partial charge < -0.3 is 0 Å². The number of allylic oxidation sites excluding steroid dienone is 2. The molecule has 0 radical (unpaired) electrons. The Morgan fingerprint density at radius 1 is 1.29 bits per heavy atom. The highest BCUT2D eigenvalue weighted by molar-refractivity contribution is 7.16. The second kappa shape index (κ2) is 4.87. The number of hydrogen-bond acceptors (Lipinski definition) is 5. The molecule has 0 bridgehead atoms. The van der Waals surface area contributed by atoms with Crippen molar-refractivity contribution >= 4 is 34.1 Å². The van der Waals surface area contributed by atoms with Gasteiger partial charge in [0, 0.05) is 11.8 Å². The normalized spacial score (nSPS) is 25.1. The fraction of sp³-hybridized carbons (Fsp3) is 0.467. The van der Waals surface area contributed by atoms with Crippen LogP contribution in [0.3, 0.4) is 0 Å². The van der Waals surface area contributed by atoms with E-state index in [1.165, 1.54) is 23.2 Å². The number of fused-ring (bicyclic) bond motifs is 1. The van der Waals surface area contributed by atoms with Crippen molar-refractivity contribution < 1.29 is 14.4 Å². The molecular formula is C15H16N2O3S. The summed E-state index contributed by atoms with van der Waals surface area (Å²) in [7, 11) is 0. The van der Waals surface area contributed by atoms with Gasteiger partial charge in [0.05, 0.1) is 11.8 Å². The molecule has 110 valence electrons. The Morgan fingerprint density at radius 3 is 2.57 bits per heavy atom. The summed E-state index contributed by atoms with van der Waals surface area (Å²) in [6.45, 7) is 5.20. The summed E-state index contributed by atoms with van der Waals surface area (Å²) in [5.74, 6) is -1.05. The van der Waals surface area contributed by atoms with E-state index in [2.05, 4.69) is 4.98 Å². The number of thiazole rings is 1. The van der Waals surface area contributed by atoms with Gasteiger partial charge in [-0.25, -0.2) is 9.88 Å². The van der Waals surface area contributed by atoms with Crippen molar-refractivity contribution in [3.63, 3.8) is 0 Å². The number of carbonyl (C=O) groups excluding carboxylic acids is 3. The van der Waals surface area contributed by atoms with Crippen molar-refractivity contribution in [3.05, 3.63) is 22.2 Å². The van der Waals surface area contributed by atoms with Gasteiger partial charge in [-0.05, 0) is 26.7 Å². The molecule has 3 rings (SSSR count). The van der Waals surface area contributed by atoms with E-state index in [1.807, 2.05) is 13.0 Å². The second-order valence-corrected chi connectivity index (χ2v) is 6.85. The SMILES string of the molecule is CC(=O)c1nc(N2C(=O)C3CC=C(C)CC3C2=O)sc1C. The maximum absolute atomic E-state index is 12.5. The van der Waals surface area contributed by atoms with E-state index in [0.29, 0.717) is 23.7 Å². The predicted octanol–water partition coefficient (Wildman–Crippen LogP) is 2.50. The fourth-order valence-corrected chi connectivity index (χ4v) is 4.00. The van der Waals surface area contributed by atoms with Crippen LogP contribution in [-0.4, -0.2) is 22.6 Å². The molecule has 2 amide bonds. The van der Waals surface area contributed by atoms with Crippen LogP contribution >= 0.6 is 11.3 Å². The molecule has 0 spiro atoms. The number of hydrogen-bond donors (Lipinski definition) is 0. The summed E-state index contributed by atoms with van der Waals surface area (Å²) >= 11 is 1.23. The first kappa shape index (κ1) is 14.1. The van der Waals surface area contributed by atoms with Crippen LogP contribution in [0.2, 0.25) is 0 Å². The van der Waals surface area contributed by atoms with E-state index >= 15 is 0 Å². The summed E-state index contributed by atoms with van der Waals surface area (Å²) in [6.07, 6.45) is 3.28. The van der Waals surface area contributed by atoms with Gasteiger partial charge in [-0.1, -0.05) is 11.6 Å². The maximum Gasteiger partial charge on any atom is 0.239 e. The molecule has 0 aromatic carbocycles. The van der Waals surface area contributed by atoms with Crippen molar-refractivity contribution in [2.45, 2.75) is 33.6 Å². The third-order valence-electron chi connectivity index (χ3n) is 4.13. The number of imide groups is 1. The van der Waals surface area contributed by atoms with E-state index in [-0.39, 0.29) is 29.4 Å². The molecule has 5 nitrogen and oxygen atoms in total. The Labute approximate surface area is 126 Å². The summed E-state index contributed by atoms with van der Waals surface area (Å²) in [6, 6.07) is 0. The van der Waals surface area contributed by atoms with E-state index < -0.39 is 0 Å². The molecule has 2 heterocycles. The predicted molar refractivity (Wildman–Crippen MR) is 79.3 cm³/mol. The Morgan fingerprint density at radius 2 is 1.95 bits per heavy atom. The van der Waals surface area contributed by atoms with E-state index in [0.717, 1.165) is 10.5 Å². The third kappa shape index (κ3) is 2.14. The highest BCUT2D eigenvalue weighted by Gasteiger charge is 2.49. The Hall–Kier alpha value is -1.82. The fourth-order valence-electron chi connectivity index (χ4n) is 3.03. The standard InChI is InChI=1S/C15H16N2O3S/c1-7-4-5-10-11(6-7)14(20)17(13(10)19)15-16-12(8(2)18)9(3)21-15/h4,10-11H,5-6H2,1-3H3. The smallest absolute Gasteiger partial charge is 0.239 e. The van der Waals surface area contributed by atoms with Crippen LogP contribution in [0.15, 0.2) is 11.6 Å². The lowest BCUT2D eigenvalue weighted by Crippen LogP contribution is -2.30. The topological polar surface area (TPSA) is 67.3 Å². The van der Waals surface area contributed by atoms with E-state index in [4.69, 9.17) is 0 Å². The lowest BCUT2D eigenvalue weighted by molar-refractivity contribution is -0.122. The van der Waals surface area contributed by atoms with Gasteiger partial charge in [0.2, 0.25) is 11.8 Å². The van der Waals surface area contributed by atoms with Gasteiger partial charge in [-0.15, -0.1) is 11.3 Å². The first-order chi connectivity index (χ1) is 9.90. The Balaban J connectivity index is 1.97. The molecule has 1 saturated heterocycles. The molecule has 6 heteroatoms. The minimum atomic E-state index is -0.272. The zero-order chi connectivity index (χ0) is 15.3. The molecule has 2 aliphatic rings. The summed E-state index contributed by atoms with van der Waals surface area (Å²) in [4.78, 5) is 42.7. The monoisotopic (exact) mass is 304 g/mol. The molecule has 1 fully saturated rings. The van der Waals surface area contributed by atoms with Crippen molar-refractivity contribution in [3.8, 4) is 0 Å². The lowest BCUT2D eigenvalue weighted by atomic mass is 9.82. The summed E-state index contributed by atoms with van der Waals surface area (Å²) < 4.78 is 0. The van der Waals surface area contributed by atoms with Crippen molar-refractivity contribution in [2.24, 2.45) is 11.8 Å². The number of aromatic nitrogens is 1. The Bertz CT molecular complexity index is 689. The summed E-state index contributed by atoms with van der Waals surface area (Å²) in [5.41, 5.74) is 1.50. The molecule has 1 aliphatic heterocycles. The maximum atomic E-state index is 12.5. The number of anilines is 1. The number of rotatable bonds is 2. The molecule has 2 unspecified atom stereocenters. The lowest BCUT2D eigenvalue weighted by Gasteiger charge is -2.18. The highest BCUT2D eigenvalue weighted by Crippen LogP contribution is 2.41. The van der Waals surface area contributed by atoms with Gasteiger partial charge in [0.25, 0.3) is 0 Å². The molecule has 0 N–H and O–H groups in total. The van der Waals surface area contributed by atoms with E-state index in [9.17, 15) is 14.4 Å². The van der Waals surface area contributed by atoms with Crippen LogP contribution in [0.1, 0.15) is 42.1 Å². The average molecular weight is 304 g/mol. The first-order valence-electron chi connectivity index (χ1n) is 6.92. The van der Waals surface area contributed by atoms with Crippen molar-refractivity contribution in [1.29, 1.82) is 0 Å². The minimum Gasteiger partial charge on any atom is -0.293 e. The molecule has 1 aromatic heterocycles. The molecule has 2 atom stereocenters. The van der Waals surface area contributed by atoms with Crippen molar-refractivity contribution in [2.75, 3.05) is 4.90 Å². The van der Waals surface area contributed by atoms with Gasteiger partial charge in [0.1, 0.15) is 5.69 Å². The molecular weight excluding hydrogens is 288 g/mol. The zero-order valence-corrected chi connectivity index (χ0v) is 13.0. The number of nitrogens with zero attached hydrogens (tertiary/aromatic N) is 2. The van der Waals surface area contributed by atoms with Crippen LogP contribution < -0.4 is 4.90 Å². The van der Waals surface area contributed by atoms with Gasteiger partial charge in [0.15, 0.2) is 10.9 Å². The number of Topliss-reactive ketones (excluding diaryl/α,β-unsaturated/α-hetero) is 1. The van der Waals surface area contributed by atoms with Crippen LogP contribution in [0.25, 0.3) is 0 Å². The van der Waals surface area contributed by atoms with Crippen LogP contribution in [0, 0.1) is 18.8 Å². The Kier molecular flexibility index (Phi) is 3.28. The molecule has 21 heavy (non-hydrogen) atoms. The van der Waals surface area contributed by atoms with Crippen molar-refractivity contribution in [1.82, 2.24) is 4.98 Å². The first-order valence-corrected chi connectivity index (χ1v) is 7.73. The molecule has 1 aliphatic carbocycles. The number of aryl methyl sites for hydroxylation is 1. The zero-order valence-electron chi connectivity index (χ0n) is 12.2. The molecule has 1 aromatic rings. The average Bonchev–Trinajstić information content (AvgIpc) is 2.90.